The molecule has 28 heavy (non-hydrogen) atoms. The number of hydrogen-bond donors (Lipinski definition) is 2. The van der Waals surface area contributed by atoms with Crippen molar-refractivity contribution in [3.05, 3.63) is 54.7 Å². The fourth-order valence-electron chi connectivity index (χ4n) is 3.11. The van der Waals surface area contributed by atoms with Gasteiger partial charge < -0.3 is 20.7 Å². The van der Waals surface area contributed by atoms with Gasteiger partial charge in [0.15, 0.2) is 5.75 Å². The van der Waals surface area contributed by atoms with E-state index < -0.39 is 6.09 Å². The zero-order valence-corrected chi connectivity index (χ0v) is 16.3. The standard InChI is InChI=1S/C22H26N4O2/c1-3-26(4-2)14-13-24-22(27)28-20-15-25-21(16-9-11-17(23)12-10-16)19-8-6-5-7-18(19)20/h5-12,15H,3-4,13-14,23H2,1-2H3,(H,24,27). The van der Waals surface area contributed by atoms with Gasteiger partial charge in [-0.2, -0.15) is 0 Å². The van der Waals surface area contributed by atoms with E-state index in [2.05, 4.69) is 29.0 Å². The molecule has 1 amide bonds. The second-order valence-corrected chi connectivity index (χ2v) is 6.48. The van der Waals surface area contributed by atoms with Gasteiger partial charge in [0.25, 0.3) is 0 Å². The third-order valence-electron chi connectivity index (χ3n) is 4.74. The van der Waals surface area contributed by atoms with Crippen molar-refractivity contribution in [3.63, 3.8) is 0 Å². The van der Waals surface area contributed by atoms with Gasteiger partial charge in [-0.1, -0.05) is 50.2 Å². The summed E-state index contributed by atoms with van der Waals surface area (Å²) in [6.07, 6.45) is 1.12. The molecule has 0 radical (unpaired) electrons. The van der Waals surface area contributed by atoms with Gasteiger partial charge in [0.05, 0.1) is 11.9 Å². The molecule has 3 rings (SSSR count). The van der Waals surface area contributed by atoms with Crippen LogP contribution >= 0.6 is 0 Å². The van der Waals surface area contributed by atoms with Crippen LogP contribution in [0, 0.1) is 0 Å². The van der Waals surface area contributed by atoms with Crippen LogP contribution in [0.5, 0.6) is 5.75 Å². The van der Waals surface area contributed by atoms with Crippen LogP contribution in [-0.4, -0.2) is 42.2 Å². The number of rotatable bonds is 7. The molecule has 146 valence electrons. The molecule has 6 nitrogen and oxygen atoms in total. The first kappa shape index (κ1) is 19.6. The van der Waals surface area contributed by atoms with Crippen molar-refractivity contribution in [3.8, 4) is 17.0 Å². The van der Waals surface area contributed by atoms with E-state index in [-0.39, 0.29) is 0 Å². The fraction of sp³-hybridized carbons (Fsp3) is 0.273. The van der Waals surface area contributed by atoms with Gasteiger partial charge in [0, 0.05) is 35.1 Å². The highest BCUT2D eigenvalue weighted by molar-refractivity contribution is 5.98. The molecule has 0 atom stereocenters. The summed E-state index contributed by atoms with van der Waals surface area (Å²) in [6.45, 7) is 7.43. The lowest BCUT2D eigenvalue weighted by molar-refractivity contribution is 0.198. The number of aromatic nitrogens is 1. The van der Waals surface area contributed by atoms with E-state index in [4.69, 9.17) is 10.5 Å². The molecule has 1 aromatic heterocycles. The van der Waals surface area contributed by atoms with E-state index in [9.17, 15) is 4.79 Å². The lowest BCUT2D eigenvalue weighted by Crippen LogP contribution is -2.36. The average Bonchev–Trinajstić information content (AvgIpc) is 2.72. The Bertz CT molecular complexity index is 937. The zero-order chi connectivity index (χ0) is 19.9. The molecule has 0 fully saturated rings. The maximum atomic E-state index is 12.2. The average molecular weight is 378 g/mol. The molecule has 0 spiro atoms. The summed E-state index contributed by atoms with van der Waals surface area (Å²) in [6, 6.07) is 15.3. The quantitative estimate of drug-likeness (QED) is 0.609. The van der Waals surface area contributed by atoms with Gasteiger partial charge in [-0.3, -0.25) is 4.98 Å². The zero-order valence-electron chi connectivity index (χ0n) is 16.3. The van der Waals surface area contributed by atoms with Crippen molar-refractivity contribution in [2.45, 2.75) is 13.8 Å². The lowest BCUT2D eigenvalue weighted by Gasteiger charge is -2.18. The van der Waals surface area contributed by atoms with Crippen LogP contribution in [0.3, 0.4) is 0 Å². The number of anilines is 1. The SMILES string of the molecule is CCN(CC)CCNC(=O)Oc1cnc(-c2ccc(N)cc2)c2ccccc12. The van der Waals surface area contributed by atoms with Crippen molar-refractivity contribution in [2.75, 3.05) is 31.9 Å². The number of carbonyl (C=O) groups is 1. The van der Waals surface area contributed by atoms with E-state index >= 15 is 0 Å². The summed E-state index contributed by atoms with van der Waals surface area (Å²) in [5, 5.41) is 4.56. The molecule has 2 aromatic carbocycles. The van der Waals surface area contributed by atoms with Crippen molar-refractivity contribution >= 4 is 22.6 Å². The van der Waals surface area contributed by atoms with E-state index in [1.54, 1.807) is 6.20 Å². The number of nitrogen functional groups attached to an aromatic ring is 1. The van der Waals surface area contributed by atoms with Gasteiger partial charge in [-0.05, 0) is 25.2 Å². The molecular formula is C22H26N4O2. The van der Waals surface area contributed by atoms with Crippen molar-refractivity contribution in [2.24, 2.45) is 0 Å². The number of ether oxygens (including phenoxy) is 1. The maximum absolute atomic E-state index is 12.2. The second-order valence-electron chi connectivity index (χ2n) is 6.48. The molecule has 0 saturated heterocycles. The molecule has 0 saturated carbocycles. The number of benzene rings is 2. The number of likely N-dealkylation sites (N-methyl/N-ethyl adjacent to an activating group) is 1. The van der Waals surface area contributed by atoms with Crippen LogP contribution in [-0.2, 0) is 0 Å². The van der Waals surface area contributed by atoms with Gasteiger partial charge in [-0.25, -0.2) is 4.79 Å². The highest BCUT2D eigenvalue weighted by atomic mass is 16.6. The highest BCUT2D eigenvalue weighted by Crippen LogP contribution is 2.32. The molecule has 0 aliphatic carbocycles. The van der Waals surface area contributed by atoms with Crippen LogP contribution < -0.4 is 15.8 Å². The van der Waals surface area contributed by atoms with Gasteiger partial charge >= 0.3 is 6.09 Å². The summed E-state index contributed by atoms with van der Waals surface area (Å²) >= 11 is 0. The van der Waals surface area contributed by atoms with E-state index in [0.717, 1.165) is 41.7 Å². The summed E-state index contributed by atoms with van der Waals surface area (Å²) < 4.78 is 5.54. The van der Waals surface area contributed by atoms with Crippen LogP contribution in [0.25, 0.3) is 22.0 Å². The highest BCUT2D eigenvalue weighted by Gasteiger charge is 2.13. The van der Waals surface area contributed by atoms with Crippen molar-refractivity contribution in [1.82, 2.24) is 15.2 Å². The molecular weight excluding hydrogens is 352 g/mol. The Balaban J connectivity index is 1.79. The number of nitrogens with one attached hydrogen (secondary N) is 1. The minimum Gasteiger partial charge on any atom is -0.408 e. The first-order valence-corrected chi connectivity index (χ1v) is 9.54. The Morgan fingerprint density at radius 2 is 1.75 bits per heavy atom. The predicted molar refractivity (Wildman–Crippen MR) is 113 cm³/mol. The first-order chi connectivity index (χ1) is 13.6. The van der Waals surface area contributed by atoms with Gasteiger partial charge in [0.2, 0.25) is 0 Å². The molecule has 3 N–H and O–H groups in total. The third-order valence-corrected chi connectivity index (χ3v) is 4.74. The number of nitrogens with zero attached hydrogens (tertiary/aromatic N) is 2. The fourth-order valence-corrected chi connectivity index (χ4v) is 3.11. The number of pyridine rings is 1. The topological polar surface area (TPSA) is 80.5 Å². The summed E-state index contributed by atoms with van der Waals surface area (Å²) in [7, 11) is 0. The molecule has 0 unspecified atom stereocenters. The van der Waals surface area contributed by atoms with E-state index in [0.29, 0.717) is 18.0 Å². The maximum Gasteiger partial charge on any atom is 0.412 e. The Hall–Kier alpha value is -3.12. The van der Waals surface area contributed by atoms with Crippen LogP contribution in [0.15, 0.2) is 54.7 Å². The smallest absolute Gasteiger partial charge is 0.408 e. The Labute approximate surface area is 165 Å². The number of nitrogens with two attached hydrogens (primary N) is 1. The Morgan fingerprint density at radius 1 is 1.07 bits per heavy atom. The number of amides is 1. The molecule has 0 aliphatic heterocycles. The Kier molecular flexibility index (Phi) is 6.45. The van der Waals surface area contributed by atoms with Crippen LogP contribution in [0.1, 0.15) is 13.8 Å². The Morgan fingerprint density at radius 3 is 2.43 bits per heavy atom. The minimum absolute atomic E-state index is 0.440. The largest absolute Gasteiger partial charge is 0.412 e. The minimum atomic E-state index is -0.473. The monoisotopic (exact) mass is 378 g/mol. The van der Waals surface area contributed by atoms with Gasteiger partial charge in [0.1, 0.15) is 0 Å². The molecule has 0 aliphatic rings. The van der Waals surface area contributed by atoms with Crippen molar-refractivity contribution in [1.29, 1.82) is 0 Å². The predicted octanol–water partition coefficient (Wildman–Crippen LogP) is 3.91. The van der Waals surface area contributed by atoms with E-state index in [1.807, 2.05) is 48.5 Å². The summed E-state index contributed by atoms with van der Waals surface area (Å²) in [5.74, 6) is 0.440. The van der Waals surface area contributed by atoms with Crippen LogP contribution in [0.4, 0.5) is 10.5 Å². The molecule has 6 heteroatoms. The number of hydrogen-bond acceptors (Lipinski definition) is 5. The third kappa shape index (κ3) is 4.58. The summed E-state index contributed by atoms with van der Waals surface area (Å²) in [5.41, 5.74) is 8.27. The molecule has 0 bridgehead atoms. The first-order valence-electron chi connectivity index (χ1n) is 9.54. The van der Waals surface area contributed by atoms with Gasteiger partial charge in [-0.15, -0.1) is 0 Å². The number of carbonyl (C=O) groups excluding carboxylic acids is 1. The molecule has 3 aromatic rings. The van der Waals surface area contributed by atoms with Crippen molar-refractivity contribution < 1.29 is 9.53 Å². The lowest BCUT2D eigenvalue weighted by atomic mass is 10.0. The van der Waals surface area contributed by atoms with E-state index in [1.165, 1.54) is 0 Å². The normalized spacial score (nSPS) is 11.0. The van der Waals surface area contributed by atoms with Crippen LogP contribution in [0.2, 0.25) is 0 Å². The second kappa shape index (κ2) is 9.19. The summed E-state index contributed by atoms with van der Waals surface area (Å²) in [4.78, 5) is 19.0. The molecule has 1 heterocycles. The number of fused-ring (bicyclic) bond motifs is 1.